The number of hydrogen-bond donors (Lipinski definition) is 0. The maximum Gasteiger partial charge on any atom is 0.126 e. The van der Waals surface area contributed by atoms with Crippen LogP contribution in [0.3, 0.4) is 0 Å². The molecule has 14 rings (SSSR count). The number of rotatable bonds is 1. The Bertz CT molecular complexity index is 4080. The monoisotopic (exact) mass is 882 g/mol. The SMILES string of the molecule is Cc1ccc2c(c1)-c1ccccc1-c1ccccc1-c1ccccc1-2.Cc1nc(-c2ccccc2)c2c3ccccc3c3ccccc3c2n1.Cc1ncc2c3ccccc3c3ccccc3c2n1. The average molecular weight is 883 g/mol. The van der Waals surface area contributed by atoms with Crippen LogP contribution in [0.5, 0.6) is 0 Å². The minimum atomic E-state index is 0.798. The summed E-state index contributed by atoms with van der Waals surface area (Å²) in [6, 6.07) is 77.4. The molecule has 11 aromatic carbocycles. The molecule has 4 heteroatoms. The van der Waals surface area contributed by atoms with Crippen LogP contribution in [-0.4, -0.2) is 19.9 Å². The number of hydrogen-bond acceptors (Lipinski definition) is 4. The standard InChI is InChI=1S/C25H18.C23H16N2.C17H12N2/c1-17-14-15-24-22-12-5-4-10-20(22)18-8-2-3-9-19(18)21-11-6-7-13-23(21)25(24)16-17;1-15-24-22(16-9-3-2-4-10-16)21-19-13-7-5-11-17(19)18-12-6-8-14-20(18)23(21)25-15;1-11-18-10-16-14-8-3-2-6-12(14)13-7-4-5-9-15(13)17(16)19-11/h2-16H,1H3;2-14H,1H3;2-10H,1H3. The highest BCUT2D eigenvalue weighted by Gasteiger charge is 2.21. The third-order valence-electron chi connectivity index (χ3n) is 13.5. The van der Waals surface area contributed by atoms with Crippen LogP contribution in [0.25, 0.3) is 121 Å². The van der Waals surface area contributed by atoms with E-state index >= 15 is 0 Å². The Balaban J connectivity index is 0.000000108. The first kappa shape index (κ1) is 41.6. The highest BCUT2D eigenvalue weighted by atomic mass is 14.9. The third kappa shape index (κ3) is 7.34. The van der Waals surface area contributed by atoms with Gasteiger partial charge in [0.2, 0.25) is 0 Å². The second kappa shape index (κ2) is 17.4. The molecule has 0 fully saturated rings. The number of benzene rings is 11. The molecule has 69 heavy (non-hydrogen) atoms. The molecular weight excluding hydrogens is 837 g/mol. The second-order valence-electron chi connectivity index (χ2n) is 17.8. The van der Waals surface area contributed by atoms with Gasteiger partial charge in [-0.25, -0.2) is 19.9 Å². The van der Waals surface area contributed by atoms with E-state index in [1.807, 2.05) is 26.1 Å². The zero-order chi connectivity index (χ0) is 46.4. The van der Waals surface area contributed by atoms with E-state index in [1.54, 1.807) is 0 Å². The van der Waals surface area contributed by atoms with Crippen molar-refractivity contribution in [2.24, 2.45) is 0 Å². The third-order valence-corrected chi connectivity index (χ3v) is 13.5. The van der Waals surface area contributed by atoms with Gasteiger partial charge >= 0.3 is 0 Å². The van der Waals surface area contributed by atoms with Crippen molar-refractivity contribution in [3.8, 4) is 55.8 Å². The molecule has 0 unspecified atom stereocenters. The minimum absolute atomic E-state index is 0.798. The summed E-state index contributed by atoms with van der Waals surface area (Å²) in [6.07, 6.45) is 1.94. The quantitative estimate of drug-likeness (QED) is 0.154. The van der Waals surface area contributed by atoms with Gasteiger partial charge in [0.05, 0.1) is 16.7 Å². The highest BCUT2D eigenvalue weighted by Crippen LogP contribution is 2.48. The van der Waals surface area contributed by atoms with Gasteiger partial charge in [0.25, 0.3) is 0 Å². The van der Waals surface area contributed by atoms with Crippen LogP contribution in [0.4, 0.5) is 0 Å². The molecule has 0 saturated carbocycles. The van der Waals surface area contributed by atoms with Crippen molar-refractivity contribution in [3.63, 3.8) is 0 Å². The summed E-state index contributed by atoms with van der Waals surface area (Å²) in [4.78, 5) is 18.6. The van der Waals surface area contributed by atoms with Crippen molar-refractivity contribution >= 4 is 64.9 Å². The predicted molar refractivity (Wildman–Crippen MR) is 290 cm³/mol. The van der Waals surface area contributed by atoms with Gasteiger partial charge in [-0.2, -0.15) is 0 Å². The lowest BCUT2D eigenvalue weighted by Gasteiger charge is -2.23. The van der Waals surface area contributed by atoms with Crippen LogP contribution in [0.1, 0.15) is 17.2 Å². The number of aryl methyl sites for hydroxylation is 3. The summed E-state index contributed by atoms with van der Waals surface area (Å²) >= 11 is 0. The lowest BCUT2D eigenvalue weighted by molar-refractivity contribution is 1.10. The van der Waals surface area contributed by atoms with Crippen molar-refractivity contribution in [1.29, 1.82) is 0 Å². The lowest BCUT2D eigenvalue weighted by atomic mass is 9.80. The summed E-state index contributed by atoms with van der Waals surface area (Å²) < 4.78 is 0. The van der Waals surface area contributed by atoms with Crippen LogP contribution in [0, 0.1) is 20.8 Å². The summed E-state index contributed by atoms with van der Waals surface area (Å²) in [5.41, 5.74) is 15.9. The number of fused-ring (bicyclic) bond motifs is 20. The Kier molecular flexibility index (Phi) is 10.5. The van der Waals surface area contributed by atoms with Gasteiger partial charge < -0.3 is 0 Å². The van der Waals surface area contributed by atoms with Gasteiger partial charge in [0.1, 0.15) is 11.6 Å². The van der Waals surface area contributed by atoms with Gasteiger partial charge in [0, 0.05) is 33.3 Å². The van der Waals surface area contributed by atoms with Gasteiger partial charge in [-0.05, 0) is 97.6 Å². The van der Waals surface area contributed by atoms with Gasteiger partial charge in [0.15, 0.2) is 0 Å². The summed E-state index contributed by atoms with van der Waals surface area (Å²) in [5, 5.41) is 12.1. The molecule has 0 radical (unpaired) electrons. The van der Waals surface area contributed by atoms with E-state index in [0.29, 0.717) is 0 Å². The van der Waals surface area contributed by atoms with E-state index in [-0.39, 0.29) is 0 Å². The molecule has 0 spiro atoms. The fourth-order valence-electron chi connectivity index (χ4n) is 10.4. The normalized spacial score (nSPS) is 11.4. The maximum atomic E-state index is 4.83. The molecule has 0 aliphatic heterocycles. The molecule has 0 N–H and O–H groups in total. The Morgan fingerprint density at radius 3 is 1.19 bits per heavy atom. The Morgan fingerprint density at radius 1 is 0.275 bits per heavy atom. The smallest absolute Gasteiger partial charge is 0.126 e. The molecule has 0 bridgehead atoms. The highest BCUT2D eigenvalue weighted by molar-refractivity contribution is 6.27. The van der Waals surface area contributed by atoms with Crippen molar-refractivity contribution in [3.05, 3.63) is 242 Å². The first-order valence-corrected chi connectivity index (χ1v) is 23.6. The Labute approximate surface area is 401 Å². The molecule has 326 valence electrons. The van der Waals surface area contributed by atoms with E-state index in [4.69, 9.17) is 9.97 Å². The Morgan fingerprint density at radius 2 is 0.652 bits per heavy atom. The van der Waals surface area contributed by atoms with Crippen LogP contribution in [0.2, 0.25) is 0 Å². The van der Waals surface area contributed by atoms with E-state index in [0.717, 1.165) is 44.7 Å². The van der Waals surface area contributed by atoms with Gasteiger partial charge in [-0.15, -0.1) is 0 Å². The largest absolute Gasteiger partial charge is 0.241 e. The van der Waals surface area contributed by atoms with Crippen LogP contribution < -0.4 is 0 Å². The van der Waals surface area contributed by atoms with Gasteiger partial charge in [-0.1, -0.05) is 224 Å². The molecule has 4 nitrogen and oxygen atoms in total. The predicted octanol–water partition coefficient (Wildman–Crippen LogP) is 17.1. The fourth-order valence-corrected chi connectivity index (χ4v) is 10.4. The zero-order valence-electron chi connectivity index (χ0n) is 38.7. The van der Waals surface area contributed by atoms with E-state index in [1.165, 1.54) is 93.2 Å². The average Bonchev–Trinajstić information content (AvgIpc) is 3.41. The van der Waals surface area contributed by atoms with Crippen LogP contribution >= 0.6 is 0 Å². The first-order chi connectivity index (χ1) is 34.0. The zero-order valence-corrected chi connectivity index (χ0v) is 38.7. The number of nitrogens with zero attached hydrogens (tertiary/aromatic N) is 4. The molecule has 2 heterocycles. The lowest BCUT2D eigenvalue weighted by Crippen LogP contribution is -1.97. The van der Waals surface area contributed by atoms with Crippen molar-refractivity contribution in [1.82, 2.24) is 19.9 Å². The van der Waals surface area contributed by atoms with Gasteiger partial charge in [-0.3, -0.25) is 0 Å². The first-order valence-electron chi connectivity index (χ1n) is 23.6. The molecule has 0 amide bonds. The topological polar surface area (TPSA) is 51.6 Å². The van der Waals surface area contributed by atoms with Crippen LogP contribution in [-0.2, 0) is 0 Å². The van der Waals surface area contributed by atoms with Crippen molar-refractivity contribution in [2.75, 3.05) is 0 Å². The fraction of sp³-hybridized carbons (Fsp3) is 0.0462. The molecule has 13 aromatic rings. The molecule has 1 aliphatic rings. The number of aromatic nitrogens is 4. The van der Waals surface area contributed by atoms with E-state index < -0.39 is 0 Å². The molecule has 1 aliphatic carbocycles. The second-order valence-corrected chi connectivity index (χ2v) is 17.8. The van der Waals surface area contributed by atoms with Crippen LogP contribution in [0.15, 0.2) is 225 Å². The molecule has 2 aromatic heterocycles. The maximum absolute atomic E-state index is 4.83. The summed E-state index contributed by atoms with van der Waals surface area (Å²) in [6.45, 7) is 6.07. The van der Waals surface area contributed by atoms with E-state index in [9.17, 15) is 0 Å². The summed E-state index contributed by atoms with van der Waals surface area (Å²) in [5.74, 6) is 1.61. The Hall–Kier alpha value is -8.86. The van der Waals surface area contributed by atoms with E-state index in [2.05, 4.69) is 229 Å². The van der Waals surface area contributed by atoms with Crippen molar-refractivity contribution < 1.29 is 0 Å². The molecule has 0 saturated heterocycles. The minimum Gasteiger partial charge on any atom is -0.241 e. The molecular formula is C65H46N4. The molecule has 0 atom stereocenters. The van der Waals surface area contributed by atoms with Crippen molar-refractivity contribution in [2.45, 2.75) is 20.8 Å². The summed E-state index contributed by atoms with van der Waals surface area (Å²) in [7, 11) is 0.